The molecule has 1 aliphatic rings. The third-order valence-electron chi connectivity index (χ3n) is 2.01. The van der Waals surface area contributed by atoms with Crippen molar-refractivity contribution in [3.63, 3.8) is 0 Å². The molecule has 1 heteroatoms. The van der Waals surface area contributed by atoms with Crippen LogP contribution in [0.1, 0.15) is 20.3 Å². The van der Waals surface area contributed by atoms with Gasteiger partial charge in [-0.3, -0.25) is 4.99 Å². The Morgan fingerprint density at radius 3 is 2.85 bits per heavy atom. The summed E-state index contributed by atoms with van der Waals surface area (Å²) in [5, 5.41) is 0. The smallest absolute Gasteiger partial charge is 0.0365 e. The highest BCUT2D eigenvalue weighted by Gasteiger charge is 1.95. The van der Waals surface area contributed by atoms with Gasteiger partial charge < -0.3 is 0 Å². The molecule has 0 fully saturated rings. The van der Waals surface area contributed by atoms with E-state index in [-0.39, 0.29) is 0 Å². The van der Waals surface area contributed by atoms with E-state index in [2.05, 4.69) is 42.9 Å². The minimum atomic E-state index is 0.951. The Balaban J connectivity index is 2.66. The van der Waals surface area contributed by atoms with Crippen LogP contribution in [0.15, 0.2) is 52.2 Å². The molecule has 0 saturated heterocycles. The van der Waals surface area contributed by atoms with Crippen LogP contribution in [-0.4, -0.2) is 6.72 Å². The lowest BCUT2D eigenvalue weighted by atomic mass is 10.0. The van der Waals surface area contributed by atoms with Crippen molar-refractivity contribution in [1.29, 1.82) is 0 Å². The molecule has 0 heterocycles. The van der Waals surface area contributed by atoms with Crippen LogP contribution in [0.3, 0.4) is 0 Å². The Morgan fingerprint density at radius 2 is 2.31 bits per heavy atom. The SMILES string of the molecule is C=N/C(C)=C\C=C1\C=CC(C)=CC1. The minimum absolute atomic E-state index is 0.951. The van der Waals surface area contributed by atoms with Crippen LogP contribution >= 0.6 is 0 Å². The summed E-state index contributed by atoms with van der Waals surface area (Å²) in [4.78, 5) is 3.81. The molecular weight excluding hydrogens is 158 g/mol. The van der Waals surface area contributed by atoms with Gasteiger partial charge in [0, 0.05) is 5.70 Å². The van der Waals surface area contributed by atoms with E-state index in [9.17, 15) is 0 Å². The number of allylic oxidation sites excluding steroid dienone is 8. The van der Waals surface area contributed by atoms with Crippen LogP contribution in [0.4, 0.5) is 0 Å². The summed E-state index contributed by atoms with van der Waals surface area (Å²) in [7, 11) is 0. The van der Waals surface area contributed by atoms with Gasteiger partial charge in [-0.2, -0.15) is 0 Å². The summed E-state index contributed by atoms with van der Waals surface area (Å²) in [6, 6.07) is 0. The van der Waals surface area contributed by atoms with Crippen molar-refractivity contribution in [2.45, 2.75) is 20.3 Å². The lowest BCUT2D eigenvalue weighted by molar-refractivity contribution is 1.21. The van der Waals surface area contributed by atoms with Crippen LogP contribution in [0, 0.1) is 0 Å². The first-order valence-corrected chi connectivity index (χ1v) is 4.41. The molecule has 0 bridgehead atoms. The van der Waals surface area contributed by atoms with Crippen molar-refractivity contribution in [2.24, 2.45) is 4.99 Å². The van der Waals surface area contributed by atoms with Gasteiger partial charge in [0.1, 0.15) is 0 Å². The van der Waals surface area contributed by atoms with Crippen LogP contribution in [0.25, 0.3) is 0 Å². The number of nitrogens with zero attached hydrogens (tertiary/aromatic N) is 1. The van der Waals surface area contributed by atoms with Gasteiger partial charge >= 0.3 is 0 Å². The van der Waals surface area contributed by atoms with Crippen molar-refractivity contribution in [3.05, 3.63) is 47.2 Å². The van der Waals surface area contributed by atoms with Gasteiger partial charge in [-0.15, -0.1) is 0 Å². The summed E-state index contributed by atoms with van der Waals surface area (Å²) in [5.74, 6) is 0. The van der Waals surface area contributed by atoms with E-state index < -0.39 is 0 Å². The molecule has 68 valence electrons. The Morgan fingerprint density at radius 1 is 1.54 bits per heavy atom. The van der Waals surface area contributed by atoms with Crippen molar-refractivity contribution in [3.8, 4) is 0 Å². The maximum atomic E-state index is 3.81. The lowest BCUT2D eigenvalue weighted by Crippen LogP contribution is -1.83. The molecule has 0 unspecified atom stereocenters. The van der Waals surface area contributed by atoms with Crippen molar-refractivity contribution >= 4 is 6.72 Å². The van der Waals surface area contributed by atoms with Gasteiger partial charge in [-0.25, -0.2) is 0 Å². The van der Waals surface area contributed by atoms with E-state index in [1.54, 1.807) is 0 Å². The molecule has 0 aliphatic heterocycles. The molecule has 0 aromatic heterocycles. The Kier molecular flexibility index (Phi) is 3.44. The largest absolute Gasteiger partial charge is 0.269 e. The molecule has 0 aromatic rings. The van der Waals surface area contributed by atoms with Gasteiger partial charge in [0.2, 0.25) is 0 Å². The molecule has 1 rings (SSSR count). The first kappa shape index (κ1) is 9.72. The van der Waals surface area contributed by atoms with Crippen LogP contribution in [0.2, 0.25) is 0 Å². The summed E-state index contributed by atoms with van der Waals surface area (Å²) >= 11 is 0. The molecular formula is C12H15N. The number of rotatable bonds is 2. The Hall–Kier alpha value is -1.37. The second-order valence-electron chi connectivity index (χ2n) is 3.19. The molecule has 0 N–H and O–H groups in total. The van der Waals surface area contributed by atoms with E-state index in [0.29, 0.717) is 0 Å². The maximum Gasteiger partial charge on any atom is 0.0365 e. The van der Waals surface area contributed by atoms with E-state index in [1.807, 2.05) is 13.0 Å². The lowest BCUT2D eigenvalue weighted by Gasteiger charge is -2.03. The number of hydrogen-bond donors (Lipinski definition) is 0. The van der Waals surface area contributed by atoms with Gasteiger partial charge in [0.15, 0.2) is 0 Å². The fourth-order valence-corrected chi connectivity index (χ4v) is 1.06. The number of aliphatic imine (C=N–C) groups is 1. The summed E-state index contributed by atoms with van der Waals surface area (Å²) in [5.41, 5.74) is 3.60. The van der Waals surface area contributed by atoms with E-state index in [4.69, 9.17) is 0 Å². The van der Waals surface area contributed by atoms with Crippen LogP contribution < -0.4 is 0 Å². The monoisotopic (exact) mass is 173 g/mol. The van der Waals surface area contributed by atoms with Gasteiger partial charge in [0.25, 0.3) is 0 Å². The van der Waals surface area contributed by atoms with Crippen molar-refractivity contribution < 1.29 is 0 Å². The van der Waals surface area contributed by atoms with Crippen LogP contribution in [0.5, 0.6) is 0 Å². The number of hydrogen-bond acceptors (Lipinski definition) is 1. The zero-order valence-electron chi connectivity index (χ0n) is 8.25. The minimum Gasteiger partial charge on any atom is -0.269 e. The predicted octanol–water partition coefficient (Wildman–Crippen LogP) is 3.42. The maximum absolute atomic E-state index is 3.81. The zero-order valence-corrected chi connectivity index (χ0v) is 8.25. The van der Waals surface area contributed by atoms with E-state index in [1.165, 1.54) is 11.1 Å². The average Bonchev–Trinajstić information content (AvgIpc) is 2.16. The second kappa shape index (κ2) is 4.61. The molecule has 0 amide bonds. The first-order chi connectivity index (χ1) is 6.22. The van der Waals surface area contributed by atoms with Crippen LogP contribution in [-0.2, 0) is 0 Å². The zero-order chi connectivity index (χ0) is 9.68. The molecule has 1 aliphatic carbocycles. The molecule has 1 nitrogen and oxygen atoms in total. The average molecular weight is 173 g/mol. The first-order valence-electron chi connectivity index (χ1n) is 4.41. The Bertz CT molecular complexity index is 314. The highest BCUT2D eigenvalue weighted by molar-refractivity contribution is 5.37. The normalized spacial score (nSPS) is 20.3. The fraction of sp³-hybridized carbons (Fsp3) is 0.250. The molecule has 0 saturated carbocycles. The quantitative estimate of drug-likeness (QED) is 0.567. The predicted molar refractivity (Wildman–Crippen MR) is 58.9 cm³/mol. The third kappa shape index (κ3) is 3.24. The molecule has 13 heavy (non-hydrogen) atoms. The summed E-state index contributed by atoms with van der Waals surface area (Å²) in [6.07, 6.45) is 11.6. The highest BCUT2D eigenvalue weighted by Crippen LogP contribution is 2.15. The summed E-state index contributed by atoms with van der Waals surface area (Å²) < 4.78 is 0. The topological polar surface area (TPSA) is 12.4 Å². The molecule has 0 atom stereocenters. The molecule has 0 aromatic carbocycles. The van der Waals surface area contributed by atoms with Gasteiger partial charge in [-0.05, 0) is 38.6 Å². The highest BCUT2D eigenvalue weighted by atomic mass is 14.7. The molecule has 0 radical (unpaired) electrons. The third-order valence-corrected chi connectivity index (χ3v) is 2.01. The standard InChI is InChI=1S/C12H15N/c1-10-4-7-12(8-5-10)9-6-11(2)13-3/h4-7,9H,3,8H2,1-2H3/b11-6-,12-9-. The van der Waals surface area contributed by atoms with Crippen molar-refractivity contribution in [1.82, 2.24) is 0 Å². The Labute approximate surface area is 79.9 Å². The summed E-state index contributed by atoms with van der Waals surface area (Å²) in [6.45, 7) is 7.51. The fourth-order valence-electron chi connectivity index (χ4n) is 1.06. The van der Waals surface area contributed by atoms with Crippen molar-refractivity contribution in [2.75, 3.05) is 0 Å². The van der Waals surface area contributed by atoms with Gasteiger partial charge in [0.05, 0.1) is 0 Å². The van der Waals surface area contributed by atoms with E-state index >= 15 is 0 Å². The molecule has 0 spiro atoms. The van der Waals surface area contributed by atoms with E-state index in [0.717, 1.165) is 12.1 Å². The van der Waals surface area contributed by atoms with Gasteiger partial charge in [-0.1, -0.05) is 29.9 Å². The second-order valence-corrected chi connectivity index (χ2v) is 3.19.